The molecule has 3 aromatic rings. The number of aromatic nitrogens is 2. The van der Waals surface area contributed by atoms with Crippen molar-refractivity contribution in [3.05, 3.63) is 75.7 Å². The fourth-order valence-corrected chi connectivity index (χ4v) is 4.03. The van der Waals surface area contributed by atoms with E-state index in [2.05, 4.69) is 15.2 Å². The third kappa shape index (κ3) is 4.60. The normalized spacial score (nSPS) is 14.3. The van der Waals surface area contributed by atoms with Gasteiger partial charge in [-0.3, -0.25) is 9.59 Å². The fourth-order valence-electron chi connectivity index (χ4n) is 4.03. The van der Waals surface area contributed by atoms with Crippen LogP contribution in [0.15, 0.2) is 53.3 Å². The average molecular weight is 405 g/mol. The predicted molar refractivity (Wildman–Crippen MR) is 119 cm³/mol. The first kappa shape index (κ1) is 20.3. The average Bonchev–Trinajstić information content (AvgIpc) is 3.28. The number of rotatable bonds is 7. The number of nitrogens with zero attached hydrogens (tertiary/aromatic N) is 3. The van der Waals surface area contributed by atoms with Gasteiger partial charge >= 0.3 is 0 Å². The highest BCUT2D eigenvalue weighted by Crippen LogP contribution is 2.13. The number of hydrogen-bond acceptors (Lipinski definition) is 4. The van der Waals surface area contributed by atoms with Crippen LogP contribution in [0.1, 0.15) is 40.9 Å². The molecule has 0 unspecified atom stereocenters. The Kier molecular flexibility index (Phi) is 6.23. The third-order valence-electron chi connectivity index (χ3n) is 5.71. The second-order valence-corrected chi connectivity index (χ2v) is 7.93. The molecule has 0 saturated carbocycles. The molecule has 0 spiro atoms. The molecule has 0 atom stereocenters. The molecule has 6 heteroatoms. The van der Waals surface area contributed by atoms with Crippen molar-refractivity contribution < 1.29 is 4.79 Å². The lowest BCUT2D eigenvalue weighted by molar-refractivity contribution is 0.0952. The summed E-state index contributed by atoms with van der Waals surface area (Å²) in [6.07, 6.45) is 3.56. The number of nitrogens with one attached hydrogen (secondary N) is 1. The van der Waals surface area contributed by atoms with Gasteiger partial charge in [-0.1, -0.05) is 24.3 Å². The van der Waals surface area contributed by atoms with Gasteiger partial charge in [0, 0.05) is 12.1 Å². The molecule has 156 valence electrons. The molecule has 6 nitrogen and oxygen atoms in total. The first-order chi connectivity index (χ1) is 14.6. The maximum atomic E-state index is 12.6. The lowest BCUT2D eigenvalue weighted by atomic mass is 10.1. The van der Waals surface area contributed by atoms with E-state index in [-0.39, 0.29) is 11.5 Å². The number of para-hydroxylation sites is 2. The van der Waals surface area contributed by atoms with Crippen LogP contribution in [-0.4, -0.2) is 46.5 Å². The minimum atomic E-state index is -0.0893. The summed E-state index contributed by atoms with van der Waals surface area (Å²) in [5.41, 5.74) is 3.63. The number of amides is 1. The molecule has 4 rings (SSSR count). The van der Waals surface area contributed by atoms with Gasteiger partial charge in [0.2, 0.25) is 0 Å². The smallest absolute Gasteiger partial charge is 0.272 e. The summed E-state index contributed by atoms with van der Waals surface area (Å²) in [6.45, 7) is 6.29. The van der Waals surface area contributed by atoms with Gasteiger partial charge < -0.3 is 14.8 Å². The van der Waals surface area contributed by atoms with Crippen molar-refractivity contribution in [3.63, 3.8) is 0 Å². The molecule has 1 fully saturated rings. The molecule has 1 saturated heterocycles. The number of hydrogen-bond donors (Lipinski definition) is 1. The number of fused-ring (bicyclic) bond motifs is 1. The zero-order valence-corrected chi connectivity index (χ0v) is 17.4. The molecule has 0 bridgehead atoms. The molecule has 1 aliphatic heterocycles. The second kappa shape index (κ2) is 9.22. The third-order valence-corrected chi connectivity index (χ3v) is 5.71. The summed E-state index contributed by atoms with van der Waals surface area (Å²) < 4.78 is 1.74. The zero-order chi connectivity index (χ0) is 20.9. The summed E-state index contributed by atoms with van der Waals surface area (Å²) in [7, 11) is 0. The van der Waals surface area contributed by atoms with Crippen LogP contribution in [0.5, 0.6) is 0 Å². The van der Waals surface area contributed by atoms with Crippen molar-refractivity contribution >= 4 is 16.9 Å². The van der Waals surface area contributed by atoms with Gasteiger partial charge in [-0.15, -0.1) is 0 Å². The quantitative estimate of drug-likeness (QED) is 0.615. The molecular formula is C24H28N4O2. The number of benzene rings is 2. The highest BCUT2D eigenvalue weighted by molar-refractivity contribution is 5.94. The van der Waals surface area contributed by atoms with Crippen LogP contribution < -0.4 is 10.9 Å². The van der Waals surface area contributed by atoms with E-state index in [0.29, 0.717) is 24.3 Å². The molecular weight excluding hydrogens is 376 g/mol. The van der Waals surface area contributed by atoms with Crippen LogP contribution in [0.2, 0.25) is 0 Å². The highest BCUT2D eigenvalue weighted by atomic mass is 16.1. The Labute approximate surface area is 176 Å². The zero-order valence-electron chi connectivity index (χ0n) is 17.4. The molecule has 1 N–H and O–H groups in total. The van der Waals surface area contributed by atoms with Gasteiger partial charge in [-0.25, -0.2) is 4.98 Å². The Bertz CT molecular complexity index is 1080. The summed E-state index contributed by atoms with van der Waals surface area (Å²) in [5.74, 6) is -0.0506. The number of carbonyl (C=O) groups excluding carboxylic acids is 1. The van der Waals surface area contributed by atoms with Crippen LogP contribution in [0.4, 0.5) is 0 Å². The van der Waals surface area contributed by atoms with Crippen molar-refractivity contribution in [2.75, 3.05) is 26.2 Å². The summed E-state index contributed by atoms with van der Waals surface area (Å²) in [6, 6.07) is 15.1. The summed E-state index contributed by atoms with van der Waals surface area (Å²) in [4.78, 5) is 31.9. The van der Waals surface area contributed by atoms with Gasteiger partial charge in [0.1, 0.15) is 5.69 Å². The van der Waals surface area contributed by atoms with Gasteiger partial charge in [-0.05, 0) is 75.6 Å². The molecule has 2 heterocycles. The lowest BCUT2D eigenvalue weighted by Crippen LogP contribution is -2.28. The maximum Gasteiger partial charge on any atom is 0.272 e. The van der Waals surface area contributed by atoms with E-state index in [1.165, 1.54) is 25.9 Å². The van der Waals surface area contributed by atoms with Gasteiger partial charge in [-0.2, -0.15) is 0 Å². The Morgan fingerprint density at radius 2 is 1.80 bits per heavy atom. The van der Waals surface area contributed by atoms with Crippen molar-refractivity contribution in [3.8, 4) is 0 Å². The summed E-state index contributed by atoms with van der Waals surface area (Å²) >= 11 is 0. The Morgan fingerprint density at radius 3 is 2.57 bits per heavy atom. The van der Waals surface area contributed by atoms with Gasteiger partial charge in [0.15, 0.2) is 0 Å². The maximum absolute atomic E-state index is 12.6. The molecule has 1 aromatic heterocycles. The van der Waals surface area contributed by atoms with E-state index in [0.717, 1.165) is 29.6 Å². The van der Waals surface area contributed by atoms with Crippen molar-refractivity contribution in [1.29, 1.82) is 0 Å². The SMILES string of the molecule is Cc1nc2ccccc2n(Cc2ccc(C(=O)NCCCN3CCCC3)cc2)c1=O. The molecule has 0 radical (unpaired) electrons. The van der Waals surface area contributed by atoms with Crippen molar-refractivity contribution in [1.82, 2.24) is 19.8 Å². The minimum Gasteiger partial charge on any atom is -0.352 e. The first-order valence-corrected chi connectivity index (χ1v) is 10.7. The van der Waals surface area contributed by atoms with Crippen LogP contribution in [0.3, 0.4) is 0 Å². The lowest BCUT2D eigenvalue weighted by Gasteiger charge is -2.14. The first-order valence-electron chi connectivity index (χ1n) is 10.7. The van der Waals surface area contributed by atoms with Crippen LogP contribution in [0, 0.1) is 6.92 Å². The number of likely N-dealkylation sites (tertiary alicyclic amines) is 1. The highest BCUT2D eigenvalue weighted by Gasteiger charge is 2.12. The van der Waals surface area contributed by atoms with Gasteiger partial charge in [0.25, 0.3) is 11.5 Å². The Morgan fingerprint density at radius 1 is 1.07 bits per heavy atom. The molecule has 1 aliphatic rings. The van der Waals surface area contributed by atoms with E-state index in [1.807, 2.05) is 48.5 Å². The van der Waals surface area contributed by atoms with Crippen LogP contribution in [-0.2, 0) is 6.54 Å². The fraction of sp³-hybridized carbons (Fsp3) is 0.375. The van der Waals surface area contributed by atoms with Crippen LogP contribution in [0.25, 0.3) is 11.0 Å². The van der Waals surface area contributed by atoms with E-state index < -0.39 is 0 Å². The predicted octanol–water partition coefficient (Wildman–Crippen LogP) is 2.97. The van der Waals surface area contributed by atoms with E-state index in [9.17, 15) is 9.59 Å². The summed E-state index contributed by atoms with van der Waals surface area (Å²) in [5, 5.41) is 3.00. The number of aryl methyl sites for hydroxylation is 1. The monoisotopic (exact) mass is 404 g/mol. The second-order valence-electron chi connectivity index (χ2n) is 7.93. The molecule has 1 amide bonds. The van der Waals surface area contributed by atoms with Crippen molar-refractivity contribution in [2.45, 2.75) is 32.7 Å². The Balaban J connectivity index is 1.39. The topological polar surface area (TPSA) is 67.2 Å². The van der Waals surface area contributed by atoms with Gasteiger partial charge in [0.05, 0.1) is 17.6 Å². The largest absolute Gasteiger partial charge is 0.352 e. The molecule has 0 aliphatic carbocycles. The van der Waals surface area contributed by atoms with Crippen LogP contribution >= 0.6 is 0 Å². The molecule has 2 aromatic carbocycles. The van der Waals surface area contributed by atoms with E-state index in [4.69, 9.17) is 0 Å². The van der Waals surface area contributed by atoms with E-state index in [1.54, 1.807) is 11.5 Å². The number of carbonyl (C=O) groups is 1. The standard InChI is InChI=1S/C24H28N4O2/c1-18-24(30)28(22-8-3-2-7-21(22)26-18)17-19-9-11-20(12-10-19)23(29)25-13-6-16-27-14-4-5-15-27/h2-3,7-12H,4-6,13-17H2,1H3,(H,25,29). The van der Waals surface area contributed by atoms with E-state index >= 15 is 0 Å². The molecule has 30 heavy (non-hydrogen) atoms. The minimum absolute atomic E-state index is 0.0506. The van der Waals surface area contributed by atoms with Crippen molar-refractivity contribution in [2.24, 2.45) is 0 Å². The Hall–Kier alpha value is -2.99.